The average Bonchev–Trinajstić information content (AvgIpc) is 2.38. The van der Waals surface area contributed by atoms with Crippen LogP contribution in [-0.2, 0) is 21.0 Å². The molecule has 101 valence electrons. The van der Waals surface area contributed by atoms with Gasteiger partial charge in [0.2, 0.25) is 0 Å². The summed E-state index contributed by atoms with van der Waals surface area (Å²) < 4.78 is 8.19. The van der Waals surface area contributed by atoms with Crippen molar-refractivity contribution in [3.63, 3.8) is 0 Å². The molecule has 0 spiro atoms. The van der Waals surface area contributed by atoms with Crippen molar-refractivity contribution < 1.29 is 166 Å². The molecule has 13 heteroatoms. The Hall–Kier alpha value is 2.04. The summed E-state index contributed by atoms with van der Waals surface area (Å²) in [5.41, 5.74) is -0.0301. The summed E-state index contributed by atoms with van der Waals surface area (Å²) in [5, 5.41) is 38.0. The predicted molar refractivity (Wildman–Crippen MR) is 36.5 cm³/mol. The maximum absolute atomic E-state index is 10.0. The van der Waals surface area contributed by atoms with Gasteiger partial charge in [-0.25, -0.2) is 0 Å². The molecule has 0 radical (unpaired) electrons. The fraction of sp³-hybridized carbons (Fsp3) is 0. The normalized spacial score (nSPS) is 5.00. The molecule has 1 aromatic heterocycles. The van der Waals surface area contributed by atoms with Crippen molar-refractivity contribution in [2.24, 2.45) is 0 Å². The number of aromatic carboxylic acids is 1. The standard InChI is InChI=1S/C6H5NO2.2K.2O2.2H2O.O.V/c8-6(9)5-3-1-2-4-7-5;;;2*1-2;;;;/h1-4H,(H,8,9);;;;;2*1H2;;/q;2*+1;2*-2;;;;/p-1. The zero-order valence-electron chi connectivity index (χ0n) is 10.1. The molecule has 10 nitrogen and oxygen atoms in total. The van der Waals surface area contributed by atoms with Crippen molar-refractivity contribution >= 4 is 5.97 Å². The van der Waals surface area contributed by atoms with Crippen LogP contribution < -0.4 is 129 Å². The van der Waals surface area contributed by atoms with Crippen LogP contribution in [0.25, 0.3) is 0 Å². The molecule has 0 fully saturated rings. The van der Waals surface area contributed by atoms with Crippen LogP contribution >= 0.6 is 0 Å². The van der Waals surface area contributed by atoms with Crippen molar-refractivity contribution in [1.29, 1.82) is 0 Å². The molecule has 0 aliphatic carbocycles. The van der Waals surface area contributed by atoms with Crippen LogP contribution in [0.2, 0.25) is 0 Å². The van der Waals surface area contributed by atoms with Crippen molar-refractivity contribution in [1.82, 2.24) is 4.98 Å². The predicted octanol–water partition coefficient (Wildman–Crippen LogP) is -13.1. The maximum atomic E-state index is 10.0. The minimum atomic E-state index is -1.24. The van der Waals surface area contributed by atoms with Crippen LogP contribution in [0.1, 0.15) is 10.5 Å². The van der Waals surface area contributed by atoms with Gasteiger partial charge in [0.1, 0.15) is 0 Å². The minimum absolute atomic E-state index is 0. The SMILES string of the molecule is O.O.O=C([O-])c1ccccn1.[K+].[K+].[O-][O-].[O-][O-].[O]=[V]. The van der Waals surface area contributed by atoms with Crippen LogP contribution in [0, 0.1) is 0 Å². The molecule has 0 unspecified atom stereocenters. The Morgan fingerprint density at radius 1 is 1.00 bits per heavy atom. The molecule has 4 N–H and O–H groups in total. The van der Waals surface area contributed by atoms with Gasteiger partial charge in [0.05, 0.1) is 11.7 Å². The number of hydrogen-bond donors (Lipinski definition) is 0. The van der Waals surface area contributed by atoms with Gasteiger partial charge < -0.3 is 41.9 Å². The summed E-state index contributed by atoms with van der Waals surface area (Å²) in [6.45, 7) is 0. The van der Waals surface area contributed by atoms with Gasteiger partial charge in [-0.1, -0.05) is 6.07 Å². The van der Waals surface area contributed by atoms with Gasteiger partial charge in [0, 0.05) is 6.20 Å². The molecular formula is C6H8K2NO9V-3. The van der Waals surface area contributed by atoms with Gasteiger partial charge in [-0.15, -0.1) is 0 Å². The van der Waals surface area contributed by atoms with Crippen LogP contribution in [0.5, 0.6) is 0 Å². The Balaban J connectivity index is -0.0000000258. The first-order valence-corrected chi connectivity index (χ1v) is 3.51. The Morgan fingerprint density at radius 2 is 1.37 bits per heavy atom. The van der Waals surface area contributed by atoms with Gasteiger partial charge >= 0.3 is 124 Å². The molecule has 1 rings (SSSR count). The summed E-state index contributed by atoms with van der Waals surface area (Å²) in [7, 11) is 0. The number of rotatable bonds is 1. The third kappa shape index (κ3) is 33.1. The van der Waals surface area contributed by atoms with E-state index in [-0.39, 0.29) is 119 Å². The Labute approximate surface area is 202 Å². The summed E-state index contributed by atoms with van der Waals surface area (Å²) in [6.07, 6.45) is 1.41. The first-order valence-electron chi connectivity index (χ1n) is 2.94. The monoisotopic (exact) mass is 367 g/mol. The molecule has 1 aromatic rings. The number of aromatic nitrogens is 1. The van der Waals surface area contributed by atoms with E-state index >= 15 is 0 Å². The van der Waals surface area contributed by atoms with Gasteiger partial charge in [-0.2, -0.15) is 0 Å². The molecule has 0 aromatic carbocycles. The van der Waals surface area contributed by atoms with Gasteiger partial charge in [0.25, 0.3) is 0 Å². The van der Waals surface area contributed by atoms with E-state index in [2.05, 4.69) is 4.98 Å². The second kappa shape index (κ2) is 42.7. The molecular weight excluding hydrogens is 359 g/mol. The van der Waals surface area contributed by atoms with Crippen LogP contribution in [0.4, 0.5) is 0 Å². The second-order valence-electron chi connectivity index (χ2n) is 1.50. The topological polar surface area (TPSA) is 225 Å². The Kier molecular flexibility index (Phi) is 96.4. The van der Waals surface area contributed by atoms with Crippen LogP contribution in [-0.4, -0.2) is 21.9 Å². The molecule has 0 bridgehead atoms. The van der Waals surface area contributed by atoms with E-state index in [1.807, 2.05) is 0 Å². The van der Waals surface area contributed by atoms with Gasteiger partial charge in [-0.3, -0.25) is 4.98 Å². The number of hydrogen-bond acceptors (Lipinski definition) is 8. The van der Waals surface area contributed by atoms with E-state index in [1.165, 1.54) is 12.3 Å². The van der Waals surface area contributed by atoms with Crippen molar-refractivity contribution in [2.45, 2.75) is 0 Å². The molecule has 1 heterocycles. The van der Waals surface area contributed by atoms with Crippen LogP contribution in [0.3, 0.4) is 0 Å². The van der Waals surface area contributed by atoms with E-state index in [0.717, 1.165) is 17.4 Å². The average molecular weight is 367 g/mol. The number of pyridine rings is 1. The van der Waals surface area contributed by atoms with E-state index in [0.29, 0.717) is 0 Å². The van der Waals surface area contributed by atoms with E-state index in [9.17, 15) is 9.90 Å². The summed E-state index contributed by atoms with van der Waals surface area (Å²) >= 11 is 1.06. The third-order valence-electron chi connectivity index (χ3n) is 0.874. The van der Waals surface area contributed by atoms with Crippen LogP contribution in [0.15, 0.2) is 24.4 Å². The molecule has 0 aliphatic rings. The zero-order chi connectivity index (χ0) is 12.7. The molecule has 0 atom stereocenters. The number of nitrogens with zero attached hydrogens (tertiary/aromatic N) is 1. The number of carboxylic acid groups (broad SMARTS) is 1. The van der Waals surface area contributed by atoms with Crippen molar-refractivity contribution in [3.05, 3.63) is 30.1 Å². The summed E-state index contributed by atoms with van der Waals surface area (Å²) in [4.78, 5) is 13.5. The number of carbonyl (C=O) groups excluding carboxylic acids is 1. The molecule has 0 saturated carbocycles. The first kappa shape index (κ1) is 42.9. The molecule has 19 heavy (non-hydrogen) atoms. The molecule has 0 saturated heterocycles. The number of carboxylic acids is 1. The Morgan fingerprint density at radius 3 is 1.53 bits per heavy atom. The summed E-state index contributed by atoms with van der Waals surface area (Å²) in [6, 6.07) is 4.62. The quantitative estimate of drug-likeness (QED) is 0.262. The fourth-order valence-electron chi connectivity index (χ4n) is 0.484. The summed E-state index contributed by atoms with van der Waals surface area (Å²) in [5.74, 6) is -1.24. The van der Waals surface area contributed by atoms with Crippen molar-refractivity contribution in [2.75, 3.05) is 0 Å². The second-order valence-corrected chi connectivity index (χ2v) is 1.50. The van der Waals surface area contributed by atoms with E-state index in [4.69, 9.17) is 24.7 Å². The first-order chi connectivity index (χ1) is 7.30. The van der Waals surface area contributed by atoms with Gasteiger partial charge in [0.15, 0.2) is 0 Å². The third-order valence-corrected chi connectivity index (χ3v) is 0.874. The molecule has 0 aliphatic heterocycles. The molecule has 0 amide bonds. The van der Waals surface area contributed by atoms with Crippen molar-refractivity contribution in [3.8, 4) is 0 Å². The fourth-order valence-corrected chi connectivity index (χ4v) is 0.484. The zero-order valence-corrected chi connectivity index (χ0v) is 17.7. The van der Waals surface area contributed by atoms with Gasteiger partial charge in [-0.05, 0) is 12.1 Å². The Bertz CT molecular complexity index is 243. The van der Waals surface area contributed by atoms with E-state index < -0.39 is 5.97 Å². The number of carbonyl (C=O) groups is 1. The van der Waals surface area contributed by atoms with E-state index in [1.54, 1.807) is 12.1 Å².